The summed E-state index contributed by atoms with van der Waals surface area (Å²) in [4.78, 5) is 12.5. The maximum atomic E-state index is 12.5. The van der Waals surface area contributed by atoms with Gasteiger partial charge in [0.25, 0.3) is 0 Å². The third kappa shape index (κ3) is 4.20. The number of rotatable bonds is 7. The van der Waals surface area contributed by atoms with E-state index in [0.29, 0.717) is 5.82 Å². The second-order valence-corrected chi connectivity index (χ2v) is 9.78. The first kappa shape index (κ1) is 21.2. The van der Waals surface area contributed by atoms with Crippen molar-refractivity contribution in [2.24, 2.45) is 7.05 Å². The van der Waals surface area contributed by atoms with Crippen molar-refractivity contribution < 1.29 is 8.42 Å². The normalized spacial score (nSPS) is 11.9. The Hall–Kier alpha value is -3.69. The van der Waals surface area contributed by atoms with Crippen LogP contribution in [-0.2, 0) is 29.4 Å². The van der Waals surface area contributed by atoms with Gasteiger partial charge in [-0.1, -0.05) is 48.5 Å². The lowest BCUT2D eigenvalue weighted by molar-refractivity contribution is 0.580. The number of anilines is 1. The number of nitrogens with one attached hydrogen (secondary N) is 3. The van der Waals surface area contributed by atoms with Crippen molar-refractivity contribution in [3.05, 3.63) is 78.1 Å². The van der Waals surface area contributed by atoms with E-state index in [1.165, 1.54) is 0 Å². The summed E-state index contributed by atoms with van der Waals surface area (Å²) in [7, 11) is 0.344. The lowest BCUT2D eigenvalue weighted by Gasteiger charge is -2.08. The first-order valence-electron chi connectivity index (χ1n) is 10.6. The molecule has 0 aliphatic carbocycles. The average molecular weight is 461 g/mol. The number of hydrogen-bond donors (Lipinski definition) is 3. The van der Waals surface area contributed by atoms with Crippen LogP contribution in [-0.4, -0.2) is 35.0 Å². The standard InChI is InChI=1S/C24H24N6O2S/c1-25-24-21-22(30(2)15-26-21)19-12-20(28-23(19)29-24)18-10-6-9-17(11-18)13-27-33(31,32)14-16-7-4-3-5-8-16/h3-12,15,27H,13-14H2,1-2H3,(H2,25,28,29). The Morgan fingerprint density at radius 2 is 1.82 bits per heavy atom. The van der Waals surface area contributed by atoms with Gasteiger partial charge in [-0.15, -0.1) is 0 Å². The molecule has 0 saturated heterocycles. The Bertz CT molecular complexity index is 1550. The summed E-state index contributed by atoms with van der Waals surface area (Å²) in [5.41, 5.74) is 6.07. The van der Waals surface area contributed by atoms with Crippen molar-refractivity contribution in [3.63, 3.8) is 0 Å². The van der Waals surface area contributed by atoms with Crippen LogP contribution in [0.4, 0.5) is 5.82 Å². The molecule has 3 aromatic heterocycles. The topological polar surface area (TPSA) is 105 Å². The number of aromatic amines is 1. The van der Waals surface area contributed by atoms with E-state index >= 15 is 0 Å². The van der Waals surface area contributed by atoms with E-state index in [1.54, 1.807) is 6.33 Å². The average Bonchev–Trinajstić information content (AvgIpc) is 3.41. The number of imidazole rings is 1. The minimum absolute atomic E-state index is 0.0459. The van der Waals surface area contributed by atoms with Gasteiger partial charge in [0.05, 0.1) is 17.6 Å². The molecule has 0 spiro atoms. The summed E-state index contributed by atoms with van der Waals surface area (Å²) in [5.74, 6) is 0.670. The fraction of sp³-hybridized carbons (Fsp3) is 0.167. The largest absolute Gasteiger partial charge is 0.371 e. The van der Waals surface area contributed by atoms with E-state index in [0.717, 1.165) is 44.5 Å². The van der Waals surface area contributed by atoms with Crippen LogP contribution >= 0.6 is 0 Å². The lowest BCUT2D eigenvalue weighted by Crippen LogP contribution is -2.24. The third-order valence-corrected chi connectivity index (χ3v) is 6.90. The van der Waals surface area contributed by atoms with Gasteiger partial charge in [0, 0.05) is 31.7 Å². The Kier molecular flexibility index (Phi) is 5.35. The molecule has 8 nitrogen and oxygen atoms in total. The van der Waals surface area contributed by atoms with Gasteiger partial charge in [0.15, 0.2) is 5.82 Å². The fourth-order valence-electron chi connectivity index (χ4n) is 4.01. The van der Waals surface area contributed by atoms with Crippen LogP contribution in [0.1, 0.15) is 11.1 Å². The summed E-state index contributed by atoms with van der Waals surface area (Å²) in [6, 6.07) is 19.0. The highest BCUT2D eigenvalue weighted by molar-refractivity contribution is 7.88. The molecule has 168 valence electrons. The van der Waals surface area contributed by atoms with Crippen LogP contribution in [0.2, 0.25) is 0 Å². The molecule has 0 aliphatic rings. The zero-order valence-electron chi connectivity index (χ0n) is 18.3. The monoisotopic (exact) mass is 460 g/mol. The van der Waals surface area contributed by atoms with Crippen molar-refractivity contribution in [1.82, 2.24) is 24.2 Å². The second kappa shape index (κ2) is 8.34. The van der Waals surface area contributed by atoms with Crippen molar-refractivity contribution >= 4 is 37.9 Å². The number of aromatic nitrogens is 4. The molecule has 5 rings (SSSR count). The van der Waals surface area contributed by atoms with Crippen LogP contribution in [0.5, 0.6) is 0 Å². The molecule has 9 heteroatoms. The van der Waals surface area contributed by atoms with E-state index < -0.39 is 10.0 Å². The minimum Gasteiger partial charge on any atom is -0.371 e. The highest BCUT2D eigenvalue weighted by Gasteiger charge is 2.16. The molecule has 0 atom stereocenters. The molecule has 0 radical (unpaired) electrons. The zero-order chi connectivity index (χ0) is 23.0. The van der Waals surface area contributed by atoms with Crippen LogP contribution in [0.15, 0.2) is 67.0 Å². The smallest absolute Gasteiger partial charge is 0.216 e. The fourth-order valence-corrected chi connectivity index (χ4v) is 5.13. The number of benzene rings is 2. The first-order valence-corrected chi connectivity index (χ1v) is 12.2. The van der Waals surface area contributed by atoms with Crippen LogP contribution in [0, 0.1) is 0 Å². The molecule has 2 aromatic carbocycles. The summed E-state index contributed by atoms with van der Waals surface area (Å²) in [6.45, 7) is 0.220. The number of sulfonamides is 1. The van der Waals surface area contributed by atoms with Crippen molar-refractivity contribution in [3.8, 4) is 11.3 Å². The van der Waals surface area contributed by atoms with Gasteiger partial charge in [-0.25, -0.2) is 23.1 Å². The van der Waals surface area contributed by atoms with E-state index in [9.17, 15) is 8.42 Å². The lowest BCUT2D eigenvalue weighted by atomic mass is 10.1. The molecule has 33 heavy (non-hydrogen) atoms. The van der Waals surface area contributed by atoms with Gasteiger partial charge in [0.1, 0.15) is 11.2 Å². The minimum atomic E-state index is -3.45. The van der Waals surface area contributed by atoms with Crippen LogP contribution in [0.25, 0.3) is 33.3 Å². The molecular formula is C24H24N6O2S. The first-order chi connectivity index (χ1) is 15.9. The molecule has 0 aliphatic heterocycles. The molecule has 0 amide bonds. The van der Waals surface area contributed by atoms with Crippen LogP contribution in [0.3, 0.4) is 0 Å². The molecule has 0 bridgehead atoms. The summed E-state index contributed by atoms with van der Waals surface area (Å²) in [6.07, 6.45) is 1.78. The quantitative estimate of drug-likeness (QED) is 0.343. The molecule has 3 heterocycles. The number of nitrogens with zero attached hydrogens (tertiary/aromatic N) is 3. The molecule has 3 N–H and O–H groups in total. The number of hydrogen-bond acceptors (Lipinski definition) is 5. The maximum Gasteiger partial charge on any atom is 0.216 e. The van der Waals surface area contributed by atoms with Gasteiger partial charge in [-0.3, -0.25) is 0 Å². The predicted octanol–water partition coefficient (Wildman–Crippen LogP) is 3.78. The molecule has 5 aromatic rings. The van der Waals surface area contributed by atoms with E-state index in [-0.39, 0.29) is 12.3 Å². The third-order valence-electron chi connectivity index (χ3n) is 5.61. The Labute approximate surface area is 191 Å². The molecular weight excluding hydrogens is 436 g/mol. The van der Waals surface area contributed by atoms with Crippen LogP contribution < -0.4 is 10.0 Å². The predicted molar refractivity (Wildman–Crippen MR) is 131 cm³/mol. The number of H-pyrrole nitrogens is 1. The van der Waals surface area contributed by atoms with Gasteiger partial charge in [0.2, 0.25) is 10.0 Å². The highest BCUT2D eigenvalue weighted by Crippen LogP contribution is 2.31. The Morgan fingerprint density at radius 1 is 1.03 bits per heavy atom. The maximum absolute atomic E-state index is 12.5. The van der Waals surface area contributed by atoms with Crippen molar-refractivity contribution in [1.29, 1.82) is 0 Å². The summed E-state index contributed by atoms with van der Waals surface area (Å²) < 4.78 is 29.7. The van der Waals surface area contributed by atoms with Gasteiger partial charge >= 0.3 is 0 Å². The molecule has 0 saturated carbocycles. The Morgan fingerprint density at radius 3 is 2.61 bits per heavy atom. The highest BCUT2D eigenvalue weighted by atomic mass is 32.2. The SMILES string of the molecule is CNc1nc2[nH]c(-c3cccc(CNS(=O)(=O)Cc4ccccc4)c3)cc2c2c1ncn2C. The van der Waals surface area contributed by atoms with Gasteiger partial charge in [-0.2, -0.15) is 0 Å². The second-order valence-electron chi connectivity index (χ2n) is 7.97. The van der Waals surface area contributed by atoms with Gasteiger partial charge < -0.3 is 14.9 Å². The molecule has 0 unspecified atom stereocenters. The number of pyridine rings is 1. The molecule has 0 fully saturated rings. The van der Waals surface area contributed by atoms with Crippen molar-refractivity contribution in [2.45, 2.75) is 12.3 Å². The Balaban J connectivity index is 1.42. The van der Waals surface area contributed by atoms with Gasteiger partial charge in [-0.05, 0) is 28.8 Å². The summed E-state index contributed by atoms with van der Waals surface area (Å²) in [5, 5.41) is 4.09. The van der Waals surface area contributed by atoms with E-state index in [2.05, 4.69) is 31.1 Å². The zero-order valence-corrected chi connectivity index (χ0v) is 19.1. The number of aryl methyl sites for hydroxylation is 1. The van der Waals surface area contributed by atoms with E-state index in [4.69, 9.17) is 0 Å². The summed E-state index contributed by atoms with van der Waals surface area (Å²) >= 11 is 0. The van der Waals surface area contributed by atoms with Crippen molar-refractivity contribution in [2.75, 3.05) is 12.4 Å². The number of fused-ring (bicyclic) bond motifs is 3. The van der Waals surface area contributed by atoms with E-state index in [1.807, 2.05) is 73.3 Å².